The summed E-state index contributed by atoms with van der Waals surface area (Å²) in [6, 6.07) is 18.9. The van der Waals surface area contributed by atoms with Crippen LogP contribution in [-0.4, -0.2) is 11.4 Å². The molecule has 0 N–H and O–H groups in total. The van der Waals surface area contributed by atoms with Crippen molar-refractivity contribution >= 4 is 27.5 Å². The first kappa shape index (κ1) is 11.9. The molecule has 0 aliphatic carbocycles. The van der Waals surface area contributed by atoms with Crippen molar-refractivity contribution in [1.82, 2.24) is 0 Å². The normalized spacial score (nSPS) is 9.94. The molecule has 0 bridgehead atoms. The van der Waals surface area contributed by atoms with Crippen molar-refractivity contribution in [3.05, 3.63) is 66.2 Å². The summed E-state index contributed by atoms with van der Waals surface area (Å²) in [5, 5.41) is 0. The maximum absolute atomic E-state index is 12.3. The minimum Gasteiger partial charge on any atom is -0.298 e. The lowest BCUT2D eigenvalue weighted by Crippen LogP contribution is -2.29. The molecule has 0 aromatic heterocycles. The molecule has 17 heavy (non-hydrogen) atoms. The summed E-state index contributed by atoms with van der Waals surface area (Å²) in [5.41, 5.74) is 2.05. The molecule has 2 nitrogen and oxygen atoms in total. The molecule has 86 valence electrons. The Morgan fingerprint density at radius 3 is 2.00 bits per heavy atom. The number of rotatable bonds is 3. The molecule has 0 spiro atoms. The molecule has 0 aliphatic heterocycles. The molecule has 2 rings (SSSR count). The largest absolute Gasteiger partial charge is 0.298 e. The third kappa shape index (κ3) is 2.74. The Labute approximate surface area is 109 Å². The van der Waals surface area contributed by atoms with E-state index in [1.165, 1.54) is 0 Å². The highest BCUT2D eigenvalue weighted by Crippen LogP contribution is 2.17. The molecule has 3 heteroatoms. The second kappa shape index (κ2) is 5.64. The van der Waals surface area contributed by atoms with E-state index in [4.69, 9.17) is 0 Å². The molecule has 0 heterocycles. The first-order valence-corrected chi connectivity index (χ1v) is 6.43. The molecule has 2 aromatic rings. The van der Waals surface area contributed by atoms with Gasteiger partial charge in [-0.2, -0.15) is 0 Å². The van der Waals surface area contributed by atoms with Gasteiger partial charge in [-0.1, -0.05) is 52.3 Å². The second-order valence-corrected chi connectivity index (χ2v) is 4.06. The molecule has 0 saturated heterocycles. The zero-order chi connectivity index (χ0) is 12.1. The van der Waals surface area contributed by atoms with Crippen molar-refractivity contribution < 1.29 is 4.79 Å². The summed E-state index contributed by atoms with van der Waals surface area (Å²) in [5.74, 6) is -0.00586. The Morgan fingerprint density at radius 1 is 0.941 bits per heavy atom. The van der Waals surface area contributed by atoms with Gasteiger partial charge in [0, 0.05) is 11.3 Å². The van der Waals surface area contributed by atoms with Crippen LogP contribution in [0.3, 0.4) is 0 Å². The Kier molecular flexibility index (Phi) is 3.94. The van der Waals surface area contributed by atoms with Gasteiger partial charge in [0.05, 0.1) is 5.45 Å². The summed E-state index contributed by atoms with van der Waals surface area (Å²) in [7, 11) is 0. The third-order valence-corrected chi connectivity index (χ3v) is 2.95. The first-order valence-electron chi connectivity index (χ1n) is 5.31. The number of carbonyl (C=O) groups excluding carboxylic acids is 1. The summed E-state index contributed by atoms with van der Waals surface area (Å²) in [6.45, 7) is 0. The van der Waals surface area contributed by atoms with Gasteiger partial charge >= 0.3 is 0 Å². The van der Waals surface area contributed by atoms with Crippen LogP contribution >= 0.6 is 15.9 Å². The van der Waals surface area contributed by atoms with Crippen LogP contribution in [0.15, 0.2) is 60.7 Å². The lowest BCUT2D eigenvalue weighted by Gasteiger charge is -2.20. The number of hydrogen-bond acceptors (Lipinski definition) is 1. The number of alkyl halides is 1. The maximum Gasteiger partial charge on any atom is 0.259 e. The highest BCUT2D eigenvalue weighted by atomic mass is 79.9. The zero-order valence-corrected chi connectivity index (χ0v) is 10.8. The number of benzene rings is 2. The van der Waals surface area contributed by atoms with E-state index < -0.39 is 0 Å². The molecule has 0 atom stereocenters. The number of anilines is 1. The summed E-state index contributed by atoms with van der Waals surface area (Å²) in [6.07, 6.45) is 0. The van der Waals surface area contributed by atoms with E-state index in [9.17, 15) is 4.79 Å². The standard InChI is InChI=1S/C14H12BrNO/c15-11-16(13-9-5-2-6-10-13)14(17)12-7-3-1-4-8-12/h1-10H,11H2. The SMILES string of the molecule is O=C(c1ccccc1)N(CBr)c1ccccc1. The van der Waals surface area contributed by atoms with Gasteiger partial charge in [-0.05, 0) is 24.3 Å². The lowest BCUT2D eigenvalue weighted by molar-refractivity contribution is 0.0992. The Balaban J connectivity index is 2.29. The van der Waals surface area contributed by atoms with Crippen LogP contribution in [-0.2, 0) is 0 Å². The average Bonchev–Trinajstić information content (AvgIpc) is 2.42. The highest BCUT2D eigenvalue weighted by Gasteiger charge is 2.15. The second-order valence-electron chi connectivity index (χ2n) is 3.55. The summed E-state index contributed by atoms with van der Waals surface area (Å²) < 4.78 is 0. The van der Waals surface area contributed by atoms with Gasteiger partial charge in [0.25, 0.3) is 5.91 Å². The average molecular weight is 290 g/mol. The minimum absolute atomic E-state index is 0.00586. The number of nitrogens with zero attached hydrogens (tertiary/aromatic N) is 1. The van der Waals surface area contributed by atoms with Gasteiger partial charge < -0.3 is 0 Å². The van der Waals surface area contributed by atoms with E-state index in [0.717, 1.165) is 5.69 Å². The number of carbonyl (C=O) groups is 1. The predicted molar refractivity (Wildman–Crippen MR) is 73.5 cm³/mol. The van der Waals surface area contributed by atoms with Crippen LogP contribution in [0.1, 0.15) is 10.4 Å². The molecular weight excluding hydrogens is 278 g/mol. The van der Waals surface area contributed by atoms with E-state index in [2.05, 4.69) is 15.9 Å². The number of hydrogen-bond donors (Lipinski definition) is 0. The van der Waals surface area contributed by atoms with Crippen molar-refractivity contribution in [2.45, 2.75) is 0 Å². The third-order valence-electron chi connectivity index (χ3n) is 2.45. The fourth-order valence-corrected chi connectivity index (χ4v) is 2.10. The van der Waals surface area contributed by atoms with Crippen LogP contribution in [0.4, 0.5) is 5.69 Å². The predicted octanol–water partition coefficient (Wildman–Crippen LogP) is 3.69. The van der Waals surface area contributed by atoms with E-state index in [0.29, 0.717) is 11.0 Å². The van der Waals surface area contributed by atoms with E-state index in [1.807, 2.05) is 60.7 Å². The zero-order valence-electron chi connectivity index (χ0n) is 9.21. The summed E-state index contributed by atoms with van der Waals surface area (Å²) >= 11 is 3.36. The quantitative estimate of drug-likeness (QED) is 0.623. The molecule has 0 saturated carbocycles. The molecule has 0 fully saturated rings. The molecule has 1 amide bonds. The van der Waals surface area contributed by atoms with Crippen LogP contribution in [0.25, 0.3) is 0 Å². The van der Waals surface area contributed by atoms with Gasteiger partial charge in [-0.3, -0.25) is 9.69 Å². The maximum atomic E-state index is 12.3. The van der Waals surface area contributed by atoms with Crippen LogP contribution in [0.5, 0.6) is 0 Å². The van der Waals surface area contributed by atoms with Gasteiger partial charge in [-0.25, -0.2) is 0 Å². The number of amides is 1. The topological polar surface area (TPSA) is 20.3 Å². The Bertz CT molecular complexity index is 484. The fourth-order valence-electron chi connectivity index (χ4n) is 1.59. The molecule has 0 radical (unpaired) electrons. The van der Waals surface area contributed by atoms with Crippen molar-refractivity contribution in [2.75, 3.05) is 10.4 Å². The number of halogens is 1. The fraction of sp³-hybridized carbons (Fsp3) is 0.0714. The lowest BCUT2D eigenvalue weighted by atomic mass is 10.2. The van der Waals surface area contributed by atoms with Gasteiger partial charge in [0.2, 0.25) is 0 Å². The Hall–Kier alpha value is -1.61. The van der Waals surface area contributed by atoms with Crippen molar-refractivity contribution in [2.24, 2.45) is 0 Å². The summed E-state index contributed by atoms with van der Waals surface area (Å²) in [4.78, 5) is 14.0. The molecule has 0 unspecified atom stereocenters. The van der Waals surface area contributed by atoms with Crippen molar-refractivity contribution in [1.29, 1.82) is 0 Å². The van der Waals surface area contributed by atoms with Gasteiger partial charge in [-0.15, -0.1) is 0 Å². The molecular formula is C14H12BrNO. The van der Waals surface area contributed by atoms with Gasteiger partial charge in [0.15, 0.2) is 0 Å². The monoisotopic (exact) mass is 289 g/mol. The highest BCUT2D eigenvalue weighted by molar-refractivity contribution is 9.09. The minimum atomic E-state index is -0.00586. The molecule has 2 aromatic carbocycles. The van der Waals surface area contributed by atoms with Crippen LogP contribution in [0, 0.1) is 0 Å². The number of para-hydroxylation sites is 1. The van der Waals surface area contributed by atoms with Crippen LogP contribution < -0.4 is 4.90 Å². The van der Waals surface area contributed by atoms with E-state index in [1.54, 1.807) is 4.90 Å². The Morgan fingerprint density at radius 2 is 1.47 bits per heavy atom. The molecule has 0 aliphatic rings. The van der Waals surface area contributed by atoms with E-state index >= 15 is 0 Å². The van der Waals surface area contributed by atoms with E-state index in [-0.39, 0.29) is 5.91 Å². The van der Waals surface area contributed by atoms with Crippen LogP contribution in [0.2, 0.25) is 0 Å². The van der Waals surface area contributed by atoms with Crippen molar-refractivity contribution in [3.8, 4) is 0 Å². The smallest absolute Gasteiger partial charge is 0.259 e. The van der Waals surface area contributed by atoms with Crippen molar-refractivity contribution in [3.63, 3.8) is 0 Å². The first-order chi connectivity index (χ1) is 8.33. The van der Waals surface area contributed by atoms with Gasteiger partial charge in [0.1, 0.15) is 0 Å².